The topological polar surface area (TPSA) is 34.2 Å². The fourth-order valence-electron chi connectivity index (χ4n) is 2.29. The predicted octanol–water partition coefficient (Wildman–Crippen LogP) is 4.23. The van der Waals surface area contributed by atoms with E-state index < -0.39 is 0 Å². The molecule has 3 heteroatoms. The van der Waals surface area contributed by atoms with Crippen molar-refractivity contribution in [1.82, 2.24) is 4.98 Å². The highest BCUT2D eigenvalue weighted by atomic mass is 16.5. The Bertz CT molecular complexity index is 539. The number of hydrogen-bond acceptors (Lipinski definition) is 3. The summed E-state index contributed by atoms with van der Waals surface area (Å²) in [4.78, 5) is 4.46. The van der Waals surface area contributed by atoms with Crippen molar-refractivity contribution in [2.45, 2.75) is 39.2 Å². The Morgan fingerprint density at radius 3 is 2.84 bits per heavy atom. The van der Waals surface area contributed by atoms with Crippen molar-refractivity contribution in [3.8, 4) is 5.75 Å². The first-order valence-corrected chi connectivity index (χ1v) is 6.94. The number of aromatic nitrogens is 1. The van der Waals surface area contributed by atoms with Gasteiger partial charge in [-0.3, -0.25) is 0 Å². The molecule has 2 rings (SSSR count). The van der Waals surface area contributed by atoms with E-state index in [0.717, 1.165) is 22.3 Å². The third-order valence-electron chi connectivity index (χ3n) is 3.36. The van der Waals surface area contributed by atoms with Crippen molar-refractivity contribution in [1.29, 1.82) is 0 Å². The van der Waals surface area contributed by atoms with Gasteiger partial charge >= 0.3 is 0 Å². The molecule has 0 bridgehead atoms. The Morgan fingerprint density at radius 2 is 2.11 bits per heavy atom. The lowest BCUT2D eigenvalue weighted by Crippen LogP contribution is -2.15. The number of benzene rings is 1. The molecule has 1 unspecified atom stereocenters. The molecule has 0 aliphatic rings. The van der Waals surface area contributed by atoms with E-state index in [1.54, 1.807) is 7.11 Å². The molecule has 19 heavy (non-hydrogen) atoms. The zero-order chi connectivity index (χ0) is 13.7. The Kier molecular flexibility index (Phi) is 4.61. The lowest BCUT2D eigenvalue weighted by Gasteiger charge is -2.16. The van der Waals surface area contributed by atoms with Gasteiger partial charge in [-0.25, -0.2) is 4.98 Å². The minimum atomic E-state index is 0.434. The molecule has 1 aromatic heterocycles. The minimum absolute atomic E-state index is 0.434. The highest BCUT2D eigenvalue weighted by Crippen LogP contribution is 2.29. The smallest absolute Gasteiger partial charge is 0.134 e. The maximum absolute atomic E-state index is 5.40. The normalized spacial score (nSPS) is 12.4. The summed E-state index contributed by atoms with van der Waals surface area (Å²) in [7, 11) is 1.70. The Hall–Kier alpha value is -1.77. The number of methoxy groups -OCH3 is 1. The van der Waals surface area contributed by atoms with E-state index in [9.17, 15) is 0 Å². The van der Waals surface area contributed by atoms with Crippen molar-refractivity contribution < 1.29 is 4.74 Å². The third-order valence-corrected chi connectivity index (χ3v) is 3.36. The van der Waals surface area contributed by atoms with Crippen LogP contribution in [-0.2, 0) is 0 Å². The molecular weight excluding hydrogens is 236 g/mol. The van der Waals surface area contributed by atoms with Crippen LogP contribution in [0.15, 0.2) is 30.5 Å². The van der Waals surface area contributed by atoms with Gasteiger partial charge < -0.3 is 10.1 Å². The van der Waals surface area contributed by atoms with Gasteiger partial charge in [0.1, 0.15) is 11.6 Å². The van der Waals surface area contributed by atoms with E-state index in [1.807, 2.05) is 24.4 Å². The van der Waals surface area contributed by atoms with Crippen LogP contribution in [0, 0.1) is 0 Å². The average molecular weight is 258 g/mol. The second kappa shape index (κ2) is 6.41. The maximum atomic E-state index is 5.40. The molecule has 102 valence electrons. The van der Waals surface area contributed by atoms with Gasteiger partial charge in [-0.05, 0) is 25.5 Å². The SMILES string of the molecule is CCCCC(C)Nc1nccc2c(OC)cccc12. The largest absolute Gasteiger partial charge is 0.496 e. The number of ether oxygens (including phenoxy) is 1. The van der Waals surface area contributed by atoms with Crippen LogP contribution in [0.25, 0.3) is 10.8 Å². The summed E-state index contributed by atoms with van der Waals surface area (Å²) in [6.45, 7) is 4.42. The summed E-state index contributed by atoms with van der Waals surface area (Å²) >= 11 is 0. The summed E-state index contributed by atoms with van der Waals surface area (Å²) in [5.74, 6) is 1.84. The van der Waals surface area contributed by atoms with E-state index in [1.165, 1.54) is 19.3 Å². The van der Waals surface area contributed by atoms with E-state index >= 15 is 0 Å². The molecule has 0 aliphatic carbocycles. The second-order valence-electron chi connectivity index (χ2n) is 4.90. The van der Waals surface area contributed by atoms with Gasteiger partial charge in [0.25, 0.3) is 0 Å². The van der Waals surface area contributed by atoms with E-state index in [0.29, 0.717) is 6.04 Å². The molecule has 1 atom stereocenters. The zero-order valence-corrected chi connectivity index (χ0v) is 11.9. The highest BCUT2D eigenvalue weighted by Gasteiger charge is 2.08. The van der Waals surface area contributed by atoms with Crippen LogP contribution in [0.3, 0.4) is 0 Å². The summed E-state index contributed by atoms with van der Waals surface area (Å²) in [5, 5.41) is 5.72. The number of anilines is 1. The van der Waals surface area contributed by atoms with Crippen LogP contribution in [0.4, 0.5) is 5.82 Å². The first-order chi connectivity index (χ1) is 9.26. The fourth-order valence-corrected chi connectivity index (χ4v) is 2.29. The van der Waals surface area contributed by atoms with Crippen LogP contribution in [0.5, 0.6) is 5.75 Å². The Morgan fingerprint density at radius 1 is 1.26 bits per heavy atom. The molecule has 1 aromatic carbocycles. The first kappa shape index (κ1) is 13.7. The Balaban J connectivity index is 2.28. The number of pyridine rings is 1. The molecule has 0 spiro atoms. The summed E-state index contributed by atoms with van der Waals surface area (Å²) in [5.41, 5.74) is 0. The van der Waals surface area contributed by atoms with Crippen molar-refractivity contribution in [3.05, 3.63) is 30.5 Å². The highest BCUT2D eigenvalue weighted by molar-refractivity contribution is 5.95. The zero-order valence-electron chi connectivity index (χ0n) is 11.9. The van der Waals surface area contributed by atoms with Crippen molar-refractivity contribution >= 4 is 16.6 Å². The molecule has 1 N–H and O–H groups in total. The second-order valence-corrected chi connectivity index (χ2v) is 4.90. The summed E-state index contributed by atoms with van der Waals surface area (Å²) < 4.78 is 5.40. The maximum Gasteiger partial charge on any atom is 0.134 e. The van der Waals surface area contributed by atoms with Crippen molar-refractivity contribution in [2.24, 2.45) is 0 Å². The number of hydrogen-bond donors (Lipinski definition) is 1. The van der Waals surface area contributed by atoms with Crippen molar-refractivity contribution in [2.75, 3.05) is 12.4 Å². The molecule has 0 amide bonds. The monoisotopic (exact) mass is 258 g/mol. The number of rotatable bonds is 6. The first-order valence-electron chi connectivity index (χ1n) is 6.94. The summed E-state index contributed by atoms with van der Waals surface area (Å²) in [6.07, 6.45) is 5.46. The van der Waals surface area contributed by atoms with Crippen molar-refractivity contribution in [3.63, 3.8) is 0 Å². The van der Waals surface area contributed by atoms with E-state index in [4.69, 9.17) is 4.74 Å². The summed E-state index contributed by atoms with van der Waals surface area (Å²) in [6, 6.07) is 8.50. The van der Waals surface area contributed by atoms with Crippen LogP contribution in [-0.4, -0.2) is 18.1 Å². The minimum Gasteiger partial charge on any atom is -0.496 e. The molecule has 2 aromatic rings. The van der Waals surface area contributed by atoms with Gasteiger partial charge in [-0.1, -0.05) is 31.9 Å². The van der Waals surface area contributed by atoms with E-state index in [-0.39, 0.29) is 0 Å². The molecular formula is C16H22N2O. The number of unbranched alkanes of at least 4 members (excludes halogenated alkanes) is 1. The molecule has 1 heterocycles. The quantitative estimate of drug-likeness (QED) is 0.841. The molecule has 0 saturated heterocycles. The molecule has 0 saturated carbocycles. The lowest BCUT2D eigenvalue weighted by atomic mass is 10.1. The fraction of sp³-hybridized carbons (Fsp3) is 0.438. The number of fused-ring (bicyclic) bond motifs is 1. The van der Waals surface area contributed by atoms with Gasteiger partial charge in [-0.15, -0.1) is 0 Å². The molecule has 0 aliphatic heterocycles. The molecule has 3 nitrogen and oxygen atoms in total. The van der Waals surface area contributed by atoms with Crippen LogP contribution in [0.2, 0.25) is 0 Å². The van der Waals surface area contributed by atoms with E-state index in [2.05, 4.69) is 30.2 Å². The van der Waals surface area contributed by atoms with Gasteiger partial charge in [0.15, 0.2) is 0 Å². The Labute approximate surface area is 115 Å². The van der Waals surface area contributed by atoms with Gasteiger partial charge in [0.2, 0.25) is 0 Å². The number of nitrogens with zero attached hydrogens (tertiary/aromatic N) is 1. The van der Waals surface area contributed by atoms with Crippen LogP contribution >= 0.6 is 0 Å². The van der Waals surface area contributed by atoms with Gasteiger partial charge in [-0.2, -0.15) is 0 Å². The van der Waals surface area contributed by atoms with Gasteiger partial charge in [0.05, 0.1) is 7.11 Å². The van der Waals surface area contributed by atoms with Crippen LogP contribution < -0.4 is 10.1 Å². The average Bonchev–Trinajstić information content (AvgIpc) is 2.45. The third kappa shape index (κ3) is 3.16. The number of nitrogens with one attached hydrogen (secondary N) is 1. The predicted molar refractivity (Wildman–Crippen MR) is 80.9 cm³/mol. The lowest BCUT2D eigenvalue weighted by molar-refractivity contribution is 0.420. The molecule has 0 fully saturated rings. The van der Waals surface area contributed by atoms with Crippen LogP contribution in [0.1, 0.15) is 33.1 Å². The van der Waals surface area contributed by atoms with Gasteiger partial charge in [0, 0.05) is 23.0 Å². The standard InChI is InChI=1S/C16H22N2O/c1-4-5-7-12(2)18-16-14-8-6-9-15(19-3)13(14)10-11-17-16/h6,8-12H,4-5,7H2,1-3H3,(H,17,18). The molecule has 0 radical (unpaired) electrons.